The van der Waals surface area contributed by atoms with Crippen LogP contribution in [0.5, 0.6) is 11.5 Å². The molecule has 138 valence electrons. The van der Waals surface area contributed by atoms with E-state index in [1.54, 1.807) is 18.3 Å². The van der Waals surface area contributed by atoms with Gasteiger partial charge in [-0.05, 0) is 69.3 Å². The molecule has 0 aliphatic heterocycles. The van der Waals surface area contributed by atoms with Crippen LogP contribution in [0.2, 0.25) is 0 Å². The zero-order chi connectivity index (χ0) is 19.3. The minimum atomic E-state index is -0.189. The van der Waals surface area contributed by atoms with Crippen molar-refractivity contribution >= 4 is 17.4 Å². The largest absolute Gasteiger partial charge is 0.457 e. The fraction of sp³-hybridized carbons (Fsp3) is 0.182. The monoisotopic (exact) mass is 361 g/mol. The number of pyridine rings is 1. The number of hydrogen-bond donors (Lipinski definition) is 2. The van der Waals surface area contributed by atoms with Gasteiger partial charge in [0.15, 0.2) is 0 Å². The Morgan fingerprint density at radius 3 is 2.26 bits per heavy atom. The normalized spacial score (nSPS) is 10.9. The number of ether oxygens (including phenoxy) is 1. The van der Waals surface area contributed by atoms with Gasteiger partial charge in [-0.1, -0.05) is 18.2 Å². The zero-order valence-corrected chi connectivity index (χ0v) is 15.7. The molecule has 0 bridgehead atoms. The van der Waals surface area contributed by atoms with Gasteiger partial charge in [-0.3, -0.25) is 4.79 Å². The first kappa shape index (κ1) is 18.5. The Bertz CT molecular complexity index is 901. The van der Waals surface area contributed by atoms with Crippen molar-refractivity contribution in [3.63, 3.8) is 0 Å². The number of anilines is 2. The van der Waals surface area contributed by atoms with Gasteiger partial charge in [-0.2, -0.15) is 0 Å². The molecule has 0 fully saturated rings. The first-order chi connectivity index (χ1) is 12.9. The summed E-state index contributed by atoms with van der Waals surface area (Å²) in [6, 6.07) is 20.3. The average molecular weight is 361 g/mol. The van der Waals surface area contributed by atoms with Gasteiger partial charge in [0.1, 0.15) is 17.3 Å². The topological polar surface area (TPSA) is 63.2 Å². The standard InChI is InChI=1S/C22H23N3O2/c1-22(2,3)25-20-15-16(13-14-23-20)21(26)24-17-9-11-19(12-10-17)27-18-7-5-4-6-8-18/h4-15H,1-3H3,(H,23,25)(H,24,26). The van der Waals surface area contributed by atoms with E-state index in [0.29, 0.717) is 22.8 Å². The summed E-state index contributed by atoms with van der Waals surface area (Å²) in [6.07, 6.45) is 1.62. The molecule has 0 saturated carbocycles. The lowest BCUT2D eigenvalue weighted by Gasteiger charge is -2.21. The maximum absolute atomic E-state index is 12.5. The van der Waals surface area contributed by atoms with Gasteiger partial charge in [0.25, 0.3) is 5.91 Å². The van der Waals surface area contributed by atoms with Crippen LogP contribution in [0.25, 0.3) is 0 Å². The Hall–Kier alpha value is -3.34. The number of para-hydroxylation sites is 1. The van der Waals surface area contributed by atoms with Crippen molar-refractivity contribution in [1.82, 2.24) is 4.98 Å². The number of amides is 1. The summed E-state index contributed by atoms with van der Waals surface area (Å²) in [4.78, 5) is 16.8. The summed E-state index contributed by atoms with van der Waals surface area (Å²) < 4.78 is 5.76. The van der Waals surface area contributed by atoms with Crippen LogP contribution in [-0.2, 0) is 0 Å². The number of aromatic nitrogens is 1. The first-order valence-corrected chi connectivity index (χ1v) is 8.78. The Morgan fingerprint density at radius 1 is 0.926 bits per heavy atom. The van der Waals surface area contributed by atoms with E-state index < -0.39 is 0 Å². The van der Waals surface area contributed by atoms with Crippen molar-refractivity contribution in [3.8, 4) is 11.5 Å². The molecule has 0 spiro atoms. The minimum Gasteiger partial charge on any atom is -0.457 e. The first-order valence-electron chi connectivity index (χ1n) is 8.78. The van der Waals surface area contributed by atoms with E-state index in [1.807, 2.05) is 75.4 Å². The summed E-state index contributed by atoms with van der Waals surface area (Å²) in [5, 5.41) is 6.15. The molecule has 2 aromatic carbocycles. The fourth-order valence-electron chi connectivity index (χ4n) is 2.46. The molecule has 0 saturated heterocycles. The molecule has 1 heterocycles. The van der Waals surface area contributed by atoms with Crippen LogP contribution in [0.1, 0.15) is 31.1 Å². The van der Waals surface area contributed by atoms with Crippen molar-refractivity contribution in [1.29, 1.82) is 0 Å². The van der Waals surface area contributed by atoms with Crippen molar-refractivity contribution in [2.75, 3.05) is 10.6 Å². The van der Waals surface area contributed by atoms with Crippen LogP contribution in [0, 0.1) is 0 Å². The van der Waals surface area contributed by atoms with Gasteiger partial charge in [0.2, 0.25) is 0 Å². The molecule has 0 aliphatic carbocycles. The quantitative estimate of drug-likeness (QED) is 0.644. The van der Waals surface area contributed by atoms with Crippen LogP contribution >= 0.6 is 0 Å². The number of hydrogen-bond acceptors (Lipinski definition) is 4. The number of rotatable bonds is 5. The van der Waals surface area contributed by atoms with Crippen molar-refractivity contribution in [2.24, 2.45) is 0 Å². The summed E-state index contributed by atoms with van der Waals surface area (Å²) >= 11 is 0. The van der Waals surface area contributed by atoms with E-state index in [-0.39, 0.29) is 11.4 Å². The van der Waals surface area contributed by atoms with Crippen molar-refractivity contribution in [3.05, 3.63) is 78.5 Å². The summed E-state index contributed by atoms with van der Waals surface area (Å²) in [5.41, 5.74) is 1.11. The molecule has 0 unspecified atom stereocenters. The fourth-order valence-corrected chi connectivity index (χ4v) is 2.46. The molecule has 0 atom stereocenters. The molecule has 27 heavy (non-hydrogen) atoms. The second-order valence-corrected chi connectivity index (χ2v) is 7.20. The smallest absolute Gasteiger partial charge is 0.255 e. The second kappa shape index (κ2) is 7.91. The summed E-state index contributed by atoms with van der Waals surface area (Å²) in [6.45, 7) is 6.13. The molecule has 2 N–H and O–H groups in total. The van der Waals surface area contributed by atoms with Crippen LogP contribution in [0.15, 0.2) is 72.9 Å². The van der Waals surface area contributed by atoms with Gasteiger partial charge < -0.3 is 15.4 Å². The molecular weight excluding hydrogens is 338 g/mol. The summed E-state index contributed by atoms with van der Waals surface area (Å²) in [5.74, 6) is 1.96. The number of carbonyl (C=O) groups excluding carboxylic acids is 1. The third-order valence-electron chi connectivity index (χ3n) is 3.62. The molecule has 0 radical (unpaired) electrons. The third kappa shape index (κ3) is 5.57. The molecular formula is C22H23N3O2. The van der Waals surface area contributed by atoms with Gasteiger partial charge in [-0.15, -0.1) is 0 Å². The van der Waals surface area contributed by atoms with Crippen LogP contribution in [0.4, 0.5) is 11.5 Å². The van der Waals surface area contributed by atoms with E-state index in [4.69, 9.17) is 4.74 Å². The highest BCUT2D eigenvalue weighted by Gasteiger charge is 2.12. The van der Waals surface area contributed by atoms with E-state index >= 15 is 0 Å². The lowest BCUT2D eigenvalue weighted by molar-refractivity contribution is 0.102. The summed E-state index contributed by atoms with van der Waals surface area (Å²) in [7, 11) is 0. The van der Waals surface area contributed by atoms with Gasteiger partial charge in [-0.25, -0.2) is 4.98 Å². The molecule has 3 aromatic rings. The zero-order valence-electron chi connectivity index (χ0n) is 15.7. The van der Waals surface area contributed by atoms with Gasteiger partial charge >= 0.3 is 0 Å². The molecule has 1 amide bonds. The van der Waals surface area contributed by atoms with Gasteiger partial charge in [0, 0.05) is 23.0 Å². The number of nitrogens with zero attached hydrogens (tertiary/aromatic N) is 1. The third-order valence-corrected chi connectivity index (χ3v) is 3.62. The van der Waals surface area contributed by atoms with Crippen LogP contribution in [0.3, 0.4) is 0 Å². The maximum Gasteiger partial charge on any atom is 0.255 e. The average Bonchev–Trinajstić information content (AvgIpc) is 2.63. The molecule has 3 rings (SSSR count). The molecule has 1 aromatic heterocycles. The highest BCUT2D eigenvalue weighted by Crippen LogP contribution is 2.23. The van der Waals surface area contributed by atoms with Crippen molar-refractivity contribution in [2.45, 2.75) is 26.3 Å². The van der Waals surface area contributed by atoms with Crippen LogP contribution in [-0.4, -0.2) is 16.4 Å². The van der Waals surface area contributed by atoms with E-state index in [2.05, 4.69) is 15.6 Å². The SMILES string of the molecule is CC(C)(C)Nc1cc(C(=O)Nc2ccc(Oc3ccccc3)cc2)ccn1. The number of benzene rings is 2. The predicted octanol–water partition coefficient (Wildman–Crippen LogP) is 5.34. The number of nitrogens with one attached hydrogen (secondary N) is 2. The Labute approximate surface area is 159 Å². The predicted molar refractivity (Wildman–Crippen MR) is 109 cm³/mol. The molecule has 5 heteroatoms. The van der Waals surface area contributed by atoms with E-state index in [1.165, 1.54) is 0 Å². The Kier molecular flexibility index (Phi) is 5.41. The van der Waals surface area contributed by atoms with Gasteiger partial charge in [0.05, 0.1) is 0 Å². The van der Waals surface area contributed by atoms with Crippen LogP contribution < -0.4 is 15.4 Å². The highest BCUT2D eigenvalue weighted by atomic mass is 16.5. The molecule has 5 nitrogen and oxygen atoms in total. The van der Waals surface area contributed by atoms with E-state index in [0.717, 1.165) is 5.75 Å². The Morgan fingerprint density at radius 2 is 1.59 bits per heavy atom. The molecule has 0 aliphatic rings. The lowest BCUT2D eigenvalue weighted by atomic mass is 10.1. The second-order valence-electron chi connectivity index (χ2n) is 7.20. The Balaban J connectivity index is 1.65. The van der Waals surface area contributed by atoms with E-state index in [9.17, 15) is 4.79 Å². The lowest BCUT2D eigenvalue weighted by Crippen LogP contribution is -2.26. The van der Waals surface area contributed by atoms with Crippen molar-refractivity contribution < 1.29 is 9.53 Å². The highest BCUT2D eigenvalue weighted by molar-refractivity contribution is 6.04. The number of carbonyl (C=O) groups is 1. The maximum atomic E-state index is 12.5. The minimum absolute atomic E-state index is 0.128.